The van der Waals surface area contributed by atoms with E-state index in [9.17, 15) is 19.8 Å². The van der Waals surface area contributed by atoms with Crippen molar-refractivity contribution >= 4 is 12.1 Å². The van der Waals surface area contributed by atoms with E-state index in [1.807, 2.05) is 0 Å². The minimum absolute atomic E-state index is 0.0710. The molecule has 0 spiro atoms. The van der Waals surface area contributed by atoms with Gasteiger partial charge in [0.2, 0.25) is 0 Å². The molecule has 1 aliphatic heterocycles. The summed E-state index contributed by atoms with van der Waals surface area (Å²) in [5, 5.41) is 20.2. The second kappa shape index (κ2) is 4.91. The van der Waals surface area contributed by atoms with Crippen LogP contribution in [0.1, 0.15) is 27.2 Å². The van der Waals surface area contributed by atoms with Crippen molar-refractivity contribution in [3.8, 4) is 0 Å². The highest BCUT2D eigenvalue weighted by Gasteiger charge is 2.33. The van der Waals surface area contributed by atoms with Crippen LogP contribution in [0.2, 0.25) is 0 Å². The van der Waals surface area contributed by atoms with Gasteiger partial charge in [-0.25, -0.2) is 4.79 Å². The van der Waals surface area contributed by atoms with Crippen LogP contribution >= 0.6 is 0 Å². The summed E-state index contributed by atoms with van der Waals surface area (Å²) in [4.78, 5) is 23.8. The number of hydrogen-bond acceptors (Lipinski definition) is 5. The first-order valence-electron chi connectivity index (χ1n) is 5.57. The molecule has 0 radical (unpaired) electrons. The van der Waals surface area contributed by atoms with Crippen LogP contribution in [0.3, 0.4) is 0 Å². The molecule has 0 bridgehead atoms. The van der Waals surface area contributed by atoms with Crippen LogP contribution < -0.4 is 5.11 Å². The summed E-state index contributed by atoms with van der Waals surface area (Å²) < 4.78 is 5.13. The Labute approximate surface area is 100 Å². The van der Waals surface area contributed by atoms with Gasteiger partial charge in [0.1, 0.15) is 5.60 Å². The lowest BCUT2D eigenvalue weighted by Gasteiger charge is -2.37. The smallest absolute Gasteiger partial charge is 0.410 e. The van der Waals surface area contributed by atoms with Crippen LogP contribution in [0, 0.1) is 5.92 Å². The largest absolute Gasteiger partial charge is 0.550 e. The summed E-state index contributed by atoms with van der Waals surface area (Å²) in [5.41, 5.74) is -0.621. The number of carboxylic acids is 1. The number of piperidine rings is 1. The quantitative estimate of drug-likeness (QED) is 0.662. The van der Waals surface area contributed by atoms with Crippen molar-refractivity contribution < 1.29 is 24.5 Å². The van der Waals surface area contributed by atoms with Crippen molar-refractivity contribution in [2.75, 3.05) is 13.1 Å². The summed E-state index contributed by atoms with van der Waals surface area (Å²) in [5.74, 6) is -2.39. The van der Waals surface area contributed by atoms with Gasteiger partial charge in [-0.3, -0.25) is 0 Å². The second-order valence-corrected chi connectivity index (χ2v) is 5.21. The van der Waals surface area contributed by atoms with Gasteiger partial charge in [0.15, 0.2) is 0 Å². The number of carbonyl (C=O) groups is 2. The van der Waals surface area contributed by atoms with Crippen LogP contribution in [0.15, 0.2) is 0 Å². The molecule has 1 fully saturated rings. The third-order valence-electron chi connectivity index (χ3n) is 2.53. The summed E-state index contributed by atoms with van der Waals surface area (Å²) in [6.45, 7) is 5.43. The first kappa shape index (κ1) is 13.8. The van der Waals surface area contributed by atoms with Gasteiger partial charge in [0, 0.05) is 25.0 Å². The molecule has 1 rings (SSSR count). The van der Waals surface area contributed by atoms with E-state index in [1.165, 1.54) is 4.90 Å². The van der Waals surface area contributed by atoms with Gasteiger partial charge in [0.25, 0.3) is 0 Å². The highest BCUT2D eigenvalue weighted by Crippen LogP contribution is 2.19. The van der Waals surface area contributed by atoms with Gasteiger partial charge in [0.05, 0.1) is 6.10 Å². The molecular formula is C11H18NO5-. The molecule has 6 nitrogen and oxygen atoms in total. The first-order chi connectivity index (χ1) is 7.70. The zero-order valence-corrected chi connectivity index (χ0v) is 10.3. The summed E-state index contributed by atoms with van der Waals surface area (Å²) in [6.07, 6.45) is -1.30. The molecule has 1 saturated heterocycles. The first-order valence-corrected chi connectivity index (χ1v) is 5.57. The van der Waals surface area contributed by atoms with Crippen LogP contribution in [-0.2, 0) is 9.53 Å². The van der Waals surface area contributed by atoms with Gasteiger partial charge in [-0.05, 0) is 27.2 Å². The van der Waals surface area contributed by atoms with Crippen molar-refractivity contribution in [1.29, 1.82) is 0 Å². The van der Waals surface area contributed by atoms with Gasteiger partial charge in [-0.15, -0.1) is 0 Å². The molecule has 17 heavy (non-hydrogen) atoms. The van der Waals surface area contributed by atoms with Crippen molar-refractivity contribution in [3.63, 3.8) is 0 Å². The Morgan fingerprint density at radius 3 is 2.47 bits per heavy atom. The van der Waals surface area contributed by atoms with E-state index in [1.54, 1.807) is 20.8 Å². The van der Waals surface area contributed by atoms with Crippen LogP contribution in [0.25, 0.3) is 0 Å². The van der Waals surface area contributed by atoms with E-state index in [0.29, 0.717) is 6.54 Å². The Morgan fingerprint density at radius 2 is 2.00 bits per heavy atom. The second-order valence-electron chi connectivity index (χ2n) is 5.21. The molecular weight excluding hydrogens is 226 g/mol. The highest BCUT2D eigenvalue weighted by atomic mass is 16.6. The zero-order chi connectivity index (χ0) is 13.2. The number of rotatable bonds is 1. The maximum atomic E-state index is 11.7. The van der Waals surface area contributed by atoms with Crippen molar-refractivity contribution in [1.82, 2.24) is 4.90 Å². The molecule has 1 N–H and O–H groups in total. The van der Waals surface area contributed by atoms with Crippen LogP contribution in [-0.4, -0.2) is 46.9 Å². The maximum absolute atomic E-state index is 11.7. The van der Waals surface area contributed by atoms with E-state index in [0.717, 1.165) is 0 Å². The summed E-state index contributed by atoms with van der Waals surface area (Å²) >= 11 is 0. The van der Waals surface area contributed by atoms with E-state index in [2.05, 4.69) is 0 Å². The van der Waals surface area contributed by atoms with Gasteiger partial charge in [-0.2, -0.15) is 0 Å². The number of hydrogen-bond donors (Lipinski definition) is 1. The summed E-state index contributed by atoms with van der Waals surface area (Å²) in [6, 6.07) is 0. The Hall–Kier alpha value is -1.30. The van der Waals surface area contributed by atoms with Crippen LogP contribution in [0.4, 0.5) is 4.79 Å². The lowest BCUT2D eigenvalue weighted by Crippen LogP contribution is -2.53. The Balaban J connectivity index is 2.62. The lowest BCUT2D eigenvalue weighted by molar-refractivity contribution is -0.315. The molecule has 1 heterocycles. The Kier molecular flexibility index (Phi) is 3.98. The third kappa shape index (κ3) is 3.89. The molecule has 98 valence electrons. The number of aliphatic hydroxyl groups is 1. The van der Waals surface area contributed by atoms with E-state index in [-0.39, 0.29) is 13.0 Å². The molecule has 0 aliphatic carbocycles. The molecule has 0 aromatic rings. The molecule has 0 aromatic carbocycles. The number of nitrogens with zero attached hydrogens (tertiary/aromatic N) is 1. The van der Waals surface area contributed by atoms with E-state index < -0.39 is 29.7 Å². The fourth-order valence-electron chi connectivity index (χ4n) is 1.66. The molecule has 6 heteroatoms. The number of aliphatic hydroxyl groups excluding tert-OH is 1. The van der Waals surface area contributed by atoms with Crippen molar-refractivity contribution in [3.05, 3.63) is 0 Å². The topological polar surface area (TPSA) is 89.9 Å². The summed E-state index contributed by atoms with van der Waals surface area (Å²) in [7, 11) is 0. The fraction of sp³-hybridized carbons (Fsp3) is 0.818. The number of ether oxygens (including phenoxy) is 1. The molecule has 2 unspecified atom stereocenters. The van der Waals surface area contributed by atoms with Crippen molar-refractivity contribution in [2.45, 2.75) is 38.9 Å². The maximum Gasteiger partial charge on any atom is 0.410 e. The molecule has 0 saturated carbocycles. The lowest BCUT2D eigenvalue weighted by atomic mass is 9.95. The minimum atomic E-state index is -1.34. The zero-order valence-electron chi connectivity index (χ0n) is 10.3. The predicted octanol–water partition coefficient (Wildman–Crippen LogP) is -0.646. The molecule has 2 atom stereocenters. The third-order valence-corrected chi connectivity index (χ3v) is 2.53. The van der Waals surface area contributed by atoms with Crippen molar-refractivity contribution in [2.24, 2.45) is 5.92 Å². The monoisotopic (exact) mass is 244 g/mol. The predicted molar refractivity (Wildman–Crippen MR) is 56.9 cm³/mol. The van der Waals surface area contributed by atoms with Crippen LogP contribution in [0.5, 0.6) is 0 Å². The minimum Gasteiger partial charge on any atom is -0.550 e. The van der Waals surface area contributed by atoms with Gasteiger partial charge < -0.3 is 24.6 Å². The van der Waals surface area contributed by atoms with E-state index >= 15 is 0 Å². The number of carboxylic acid groups (broad SMARTS) is 1. The van der Waals surface area contributed by atoms with Gasteiger partial charge >= 0.3 is 6.09 Å². The standard InChI is InChI=1S/C11H19NO5/c1-11(2,3)17-10(16)12-5-4-8(13)7(6-12)9(14)15/h7-8,13H,4-6H2,1-3H3,(H,14,15)/p-1. The Bertz CT molecular complexity index is 309. The average Bonchev–Trinajstić information content (AvgIpc) is 2.14. The number of aliphatic carboxylic acids is 1. The molecule has 0 aromatic heterocycles. The SMILES string of the molecule is CC(C)(C)OC(=O)N1CCC(O)C(C(=O)[O-])C1. The fourth-order valence-corrected chi connectivity index (χ4v) is 1.66. The number of amides is 1. The average molecular weight is 244 g/mol. The Morgan fingerprint density at radius 1 is 1.41 bits per heavy atom. The van der Waals surface area contributed by atoms with E-state index in [4.69, 9.17) is 4.74 Å². The normalized spacial score (nSPS) is 25.5. The molecule has 1 aliphatic rings. The van der Waals surface area contributed by atoms with Gasteiger partial charge in [-0.1, -0.05) is 0 Å². The highest BCUT2D eigenvalue weighted by molar-refractivity contribution is 5.72. The number of likely N-dealkylation sites (tertiary alicyclic amines) is 1. The number of carbonyl (C=O) groups excluding carboxylic acids is 2. The molecule has 1 amide bonds.